The quantitative estimate of drug-likeness (QED) is 0.202. The summed E-state index contributed by atoms with van der Waals surface area (Å²) >= 11 is 0. The zero-order valence-electron chi connectivity index (χ0n) is 16.5. The van der Waals surface area contributed by atoms with Crippen molar-refractivity contribution in [3.63, 3.8) is 0 Å². The minimum Gasteiger partial charge on any atom is -0.359 e. The summed E-state index contributed by atoms with van der Waals surface area (Å²) in [4.78, 5) is 2.81. The van der Waals surface area contributed by atoms with E-state index in [1.807, 2.05) is 0 Å². The summed E-state index contributed by atoms with van der Waals surface area (Å²) in [6, 6.07) is 0. The van der Waals surface area contributed by atoms with Crippen LogP contribution < -0.4 is 0 Å². The number of unbranched alkanes of at least 4 members (excludes halogenated alkanes) is 3. The summed E-state index contributed by atoms with van der Waals surface area (Å²) in [6.45, 7) is 2.18. The van der Waals surface area contributed by atoms with E-state index in [0.717, 1.165) is 38.5 Å². The van der Waals surface area contributed by atoms with E-state index in [2.05, 4.69) is 11.7 Å². The van der Waals surface area contributed by atoms with E-state index in [-0.39, 0.29) is 0 Å². The molecule has 8 heteroatoms. The molecular weight excluding hydrogens is 384 g/mol. The predicted molar refractivity (Wildman–Crippen MR) is 108 cm³/mol. The fourth-order valence-electron chi connectivity index (χ4n) is 4.53. The fraction of sp³-hybridized carbons (Fsp3) is 0.947. The van der Waals surface area contributed by atoms with Crippen LogP contribution in [-0.2, 0) is 19.7 Å². The first kappa shape index (κ1) is 22.6. The normalized spacial score (nSPS) is 25.1. The maximum Gasteiger partial charge on any atom is 0.495 e. The van der Waals surface area contributed by atoms with Gasteiger partial charge in [0.25, 0.3) is 19.7 Å². The third-order valence-corrected chi connectivity index (χ3v) is 11.5. The Balaban J connectivity index is 2.01. The van der Waals surface area contributed by atoms with Crippen molar-refractivity contribution in [3.05, 3.63) is 5.53 Å². The molecule has 0 atom stereocenters. The highest BCUT2D eigenvalue weighted by Gasteiger charge is 2.50. The zero-order chi connectivity index (χ0) is 19.9. The van der Waals surface area contributed by atoms with E-state index < -0.39 is 34.6 Å². The minimum atomic E-state index is -4.12. The van der Waals surface area contributed by atoms with E-state index in [4.69, 9.17) is 0 Å². The van der Waals surface area contributed by atoms with Gasteiger partial charge < -0.3 is 5.53 Å². The number of rotatable bonds is 7. The van der Waals surface area contributed by atoms with Crippen molar-refractivity contribution in [2.75, 3.05) is 0 Å². The second-order valence-electron chi connectivity index (χ2n) is 8.21. The summed E-state index contributed by atoms with van der Waals surface area (Å²) in [5.74, 6) is 0.526. The van der Waals surface area contributed by atoms with Crippen LogP contribution in [0.2, 0.25) is 0 Å². The first-order chi connectivity index (χ1) is 12.8. The number of hydrogen-bond acceptors (Lipinski definition) is 4. The molecule has 27 heavy (non-hydrogen) atoms. The van der Waals surface area contributed by atoms with Crippen molar-refractivity contribution in [3.8, 4) is 0 Å². The Kier molecular flexibility index (Phi) is 8.50. The molecule has 2 saturated carbocycles. The second-order valence-corrected chi connectivity index (χ2v) is 12.8. The number of sulfone groups is 2. The Morgan fingerprint density at radius 2 is 1.37 bits per heavy atom. The Morgan fingerprint density at radius 3 is 1.89 bits per heavy atom. The van der Waals surface area contributed by atoms with Crippen LogP contribution in [0.3, 0.4) is 0 Å². The number of hydrogen-bond donors (Lipinski definition) is 0. The van der Waals surface area contributed by atoms with Crippen molar-refractivity contribution in [1.82, 2.24) is 0 Å². The van der Waals surface area contributed by atoms with Crippen molar-refractivity contribution in [1.29, 1.82) is 0 Å². The Morgan fingerprint density at radius 1 is 0.815 bits per heavy atom. The summed E-state index contributed by atoms with van der Waals surface area (Å²) in [7, 11) is -8.22. The van der Waals surface area contributed by atoms with Crippen LogP contribution in [0.5, 0.6) is 0 Å². The van der Waals surface area contributed by atoms with Crippen molar-refractivity contribution in [2.24, 2.45) is 5.92 Å². The van der Waals surface area contributed by atoms with E-state index in [9.17, 15) is 22.4 Å². The lowest BCUT2D eigenvalue weighted by Gasteiger charge is -2.27. The topological polar surface area (TPSA) is 105 Å². The van der Waals surface area contributed by atoms with Gasteiger partial charge in [-0.1, -0.05) is 58.3 Å². The molecule has 0 aromatic rings. The number of nitrogens with zero attached hydrogens (tertiary/aromatic N) is 2. The molecule has 0 aromatic heterocycles. The third kappa shape index (κ3) is 5.64. The molecule has 0 bridgehead atoms. The molecule has 0 N–H and O–H groups in total. The lowest BCUT2D eigenvalue weighted by Crippen LogP contribution is -2.41. The van der Waals surface area contributed by atoms with E-state index >= 15 is 0 Å². The molecule has 0 saturated heterocycles. The van der Waals surface area contributed by atoms with Crippen LogP contribution >= 0.6 is 0 Å². The monoisotopic (exact) mass is 418 g/mol. The summed E-state index contributed by atoms with van der Waals surface area (Å²) in [5, 5.41) is -1.48. The Hall–Kier alpha value is -0.720. The average molecular weight is 419 g/mol. The fourth-order valence-corrected chi connectivity index (χ4v) is 9.28. The molecule has 2 aliphatic carbocycles. The first-order valence-electron chi connectivity index (χ1n) is 10.5. The molecule has 156 valence electrons. The van der Waals surface area contributed by atoms with Crippen LogP contribution in [0.4, 0.5) is 0 Å². The summed E-state index contributed by atoms with van der Waals surface area (Å²) < 4.78 is 50.5. The van der Waals surface area contributed by atoms with Gasteiger partial charge in [0.1, 0.15) is 0 Å². The lowest BCUT2D eigenvalue weighted by atomic mass is 9.85. The molecule has 0 amide bonds. The smallest absolute Gasteiger partial charge is 0.359 e. The second kappa shape index (κ2) is 10.2. The molecule has 2 aliphatic rings. The molecule has 2 rings (SSSR count). The van der Waals surface area contributed by atoms with Gasteiger partial charge in [-0.15, -0.1) is 4.79 Å². The van der Waals surface area contributed by atoms with Crippen molar-refractivity contribution >= 4 is 24.1 Å². The van der Waals surface area contributed by atoms with E-state index in [1.165, 1.54) is 25.7 Å². The van der Waals surface area contributed by atoms with Crippen molar-refractivity contribution < 1.29 is 21.6 Å². The maximum absolute atomic E-state index is 12.9. The van der Waals surface area contributed by atoms with Crippen LogP contribution in [0, 0.1) is 5.92 Å². The summed E-state index contributed by atoms with van der Waals surface area (Å²) in [6.07, 6.45) is 11.9. The first-order valence-corrected chi connectivity index (χ1v) is 13.6. The SMILES string of the molecule is CCCCCCC1CCC(S(=O)(=O)C(=[N+]=[N-])S(=O)(=O)C2CCCCC2)CC1. The standard InChI is InChI=1S/C19H34N2O4S2/c1-2-3-4-6-9-16-12-14-18(15-13-16)27(24,25)19(21-20)26(22,23)17-10-7-5-8-11-17/h16-18H,2-15H2,1H3. The van der Waals surface area contributed by atoms with Crippen LogP contribution in [-0.4, -0.2) is 36.5 Å². The molecule has 0 heterocycles. The predicted octanol–water partition coefficient (Wildman–Crippen LogP) is 4.26. The van der Waals surface area contributed by atoms with Gasteiger partial charge in [0.15, 0.2) is 0 Å². The lowest BCUT2D eigenvalue weighted by molar-refractivity contribution is 0.00358. The molecule has 0 unspecified atom stereocenters. The highest BCUT2D eigenvalue weighted by atomic mass is 32.3. The van der Waals surface area contributed by atoms with Gasteiger partial charge >= 0.3 is 4.38 Å². The van der Waals surface area contributed by atoms with Gasteiger partial charge in [-0.05, 0) is 44.4 Å². The van der Waals surface area contributed by atoms with Crippen LogP contribution in [0.25, 0.3) is 5.53 Å². The highest BCUT2D eigenvalue weighted by molar-refractivity contribution is 8.31. The zero-order valence-corrected chi connectivity index (χ0v) is 18.1. The summed E-state index contributed by atoms with van der Waals surface area (Å²) in [5.41, 5.74) is 9.31. The average Bonchev–Trinajstić information content (AvgIpc) is 2.66. The maximum atomic E-state index is 12.9. The third-order valence-electron chi connectivity index (χ3n) is 6.26. The molecule has 0 aromatic carbocycles. The minimum absolute atomic E-state index is 0.446. The van der Waals surface area contributed by atoms with Gasteiger partial charge in [0, 0.05) is 0 Å². The Labute approximate surface area is 164 Å². The van der Waals surface area contributed by atoms with Gasteiger partial charge in [0.05, 0.1) is 10.5 Å². The van der Waals surface area contributed by atoms with E-state index in [1.54, 1.807) is 0 Å². The molecule has 0 spiro atoms. The van der Waals surface area contributed by atoms with Gasteiger partial charge in [0.2, 0.25) is 0 Å². The van der Waals surface area contributed by atoms with E-state index in [0.29, 0.717) is 31.6 Å². The molecule has 2 fully saturated rings. The van der Waals surface area contributed by atoms with Gasteiger partial charge in [-0.2, -0.15) is 0 Å². The Bertz CT molecular complexity index is 726. The highest BCUT2D eigenvalue weighted by Crippen LogP contribution is 2.34. The van der Waals surface area contributed by atoms with Crippen LogP contribution in [0.15, 0.2) is 0 Å². The van der Waals surface area contributed by atoms with Crippen molar-refractivity contribution in [2.45, 2.75) is 107 Å². The van der Waals surface area contributed by atoms with Gasteiger partial charge in [-0.25, -0.2) is 16.8 Å². The molecule has 6 nitrogen and oxygen atoms in total. The molecule has 0 aliphatic heterocycles. The van der Waals surface area contributed by atoms with Gasteiger partial charge in [-0.3, -0.25) is 0 Å². The molecule has 0 radical (unpaired) electrons. The largest absolute Gasteiger partial charge is 0.495 e. The van der Waals surface area contributed by atoms with Crippen LogP contribution in [0.1, 0.15) is 96.8 Å². The molecular formula is C19H34N2O4S2.